The zero-order valence-corrected chi connectivity index (χ0v) is 11.1. The maximum absolute atomic E-state index is 11.5. The van der Waals surface area contributed by atoms with Crippen LogP contribution in [0.1, 0.15) is 0 Å². The van der Waals surface area contributed by atoms with Crippen molar-refractivity contribution in [2.75, 3.05) is 0 Å². The Bertz CT molecular complexity index is 627. The fraction of sp³-hybridized carbons (Fsp3) is 0. The lowest BCUT2D eigenvalue weighted by atomic mass is 10.3. The number of benzene rings is 1. The van der Waals surface area contributed by atoms with Crippen molar-refractivity contribution in [3.63, 3.8) is 0 Å². The summed E-state index contributed by atoms with van der Waals surface area (Å²) in [5, 5.41) is 17.2. The van der Waals surface area contributed by atoms with Gasteiger partial charge in [0.1, 0.15) is 11.1 Å². The second-order valence-corrected chi connectivity index (χ2v) is 3.79. The summed E-state index contributed by atoms with van der Waals surface area (Å²) in [6.07, 6.45) is 0. The van der Waals surface area contributed by atoms with Gasteiger partial charge in [0, 0.05) is 0 Å². The summed E-state index contributed by atoms with van der Waals surface area (Å²) in [4.78, 5) is 44.1. The van der Waals surface area contributed by atoms with E-state index in [0.717, 1.165) is 0 Å². The second kappa shape index (κ2) is 6.84. The Morgan fingerprint density at radius 1 is 0.773 bits per heavy atom. The van der Waals surface area contributed by atoms with Crippen molar-refractivity contribution < 1.29 is 38.9 Å². The number of ether oxygens (including phenoxy) is 2. The third kappa shape index (κ3) is 4.04. The second-order valence-electron chi connectivity index (χ2n) is 3.79. The van der Waals surface area contributed by atoms with Crippen LogP contribution in [0, 0.1) is 0 Å². The van der Waals surface area contributed by atoms with Gasteiger partial charge in [0.15, 0.2) is 11.5 Å². The molecule has 0 aromatic heterocycles. The highest BCUT2D eigenvalue weighted by Crippen LogP contribution is 2.27. The third-order valence-electron chi connectivity index (χ3n) is 2.26. The van der Waals surface area contributed by atoms with Gasteiger partial charge < -0.3 is 19.7 Å². The van der Waals surface area contributed by atoms with E-state index in [1.54, 1.807) is 0 Å². The Labute approximate surface area is 123 Å². The quantitative estimate of drug-likeness (QED) is 0.259. The molecule has 0 aliphatic heterocycles. The molecule has 1 aromatic rings. The molecule has 0 bridgehead atoms. The van der Waals surface area contributed by atoms with Gasteiger partial charge in [-0.05, 0) is 12.1 Å². The Hall–Kier alpha value is -3.42. The fourth-order valence-electron chi connectivity index (χ4n) is 1.12. The Kier molecular flexibility index (Phi) is 5.17. The highest BCUT2D eigenvalue weighted by atomic mass is 16.6. The van der Waals surface area contributed by atoms with Crippen molar-refractivity contribution in [1.82, 2.24) is 0 Å². The molecule has 22 heavy (non-hydrogen) atoms. The number of esters is 2. The number of carboxylic acids is 2. The van der Waals surface area contributed by atoms with E-state index in [2.05, 4.69) is 13.2 Å². The maximum atomic E-state index is 11.5. The number of rotatable bonds is 6. The SMILES string of the molecule is C=C(C(=O)O)C(=O)Oc1ccccc1OC(=O)C(=C)C(=O)O. The van der Waals surface area contributed by atoms with Crippen molar-refractivity contribution in [2.45, 2.75) is 0 Å². The van der Waals surface area contributed by atoms with Gasteiger partial charge in [0.25, 0.3) is 0 Å². The molecular formula is C14H10O8. The molecule has 0 spiro atoms. The van der Waals surface area contributed by atoms with Gasteiger partial charge in [-0.15, -0.1) is 0 Å². The summed E-state index contributed by atoms with van der Waals surface area (Å²) in [6, 6.07) is 5.29. The highest BCUT2D eigenvalue weighted by molar-refractivity contribution is 6.14. The van der Waals surface area contributed by atoms with Gasteiger partial charge in [0.05, 0.1) is 0 Å². The molecule has 0 aliphatic rings. The van der Waals surface area contributed by atoms with Gasteiger partial charge in [0.2, 0.25) is 0 Å². The molecule has 1 rings (SSSR count). The topological polar surface area (TPSA) is 127 Å². The first kappa shape index (κ1) is 16.6. The minimum Gasteiger partial charge on any atom is -0.477 e. The van der Waals surface area contributed by atoms with E-state index in [1.165, 1.54) is 24.3 Å². The maximum Gasteiger partial charge on any atom is 0.350 e. The Morgan fingerprint density at radius 3 is 1.36 bits per heavy atom. The molecule has 0 unspecified atom stereocenters. The van der Waals surface area contributed by atoms with Crippen LogP contribution in [0.25, 0.3) is 0 Å². The summed E-state index contributed by atoms with van der Waals surface area (Å²) >= 11 is 0. The molecule has 0 fully saturated rings. The third-order valence-corrected chi connectivity index (χ3v) is 2.26. The van der Waals surface area contributed by atoms with Crippen LogP contribution in [0.3, 0.4) is 0 Å². The molecule has 0 radical (unpaired) electrons. The minimum atomic E-state index is -1.57. The van der Waals surface area contributed by atoms with E-state index < -0.39 is 35.0 Å². The van der Waals surface area contributed by atoms with E-state index >= 15 is 0 Å². The lowest BCUT2D eigenvalue weighted by molar-refractivity contribution is -0.141. The molecule has 1 aromatic carbocycles. The Morgan fingerprint density at radius 2 is 1.09 bits per heavy atom. The monoisotopic (exact) mass is 306 g/mol. The summed E-state index contributed by atoms with van der Waals surface area (Å²) in [5.41, 5.74) is -1.65. The molecule has 8 nitrogen and oxygen atoms in total. The molecule has 8 heteroatoms. The smallest absolute Gasteiger partial charge is 0.350 e. The standard InChI is InChI=1S/C14H10O8/c1-7(11(15)16)13(19)21-9-5-3-4-6-10(9)22-14(20)8(2)12(17)18/h3-6H,1-2H2,(H,15,16)(H,17,18). The number of aliphatic carboxylic acids is 2. The summed E-state index contributed by atoms with van der Waals surface area (Å²) in [7, 11) is 0. The van der Waals surface area contributed by atoms with Crippen LogP contribution in [-0.2, 0) is 19.2 Å². The van der Waals surface area contributed by atoms with E-state index in [4.69, 9.17) is 19.7 Å². The van der Waals surface area contributed by atoms with Gasteiger partial charge in [-0.1, -0.05) is 25.3 Å². The normalized spacial score (nSPS) is 9.45. The minimum absolute atomic E-state index is 0.276. The molecule has 0 amide bonds. The van der Waals surface area contributed by atoms with Crippen LogP contribution < -0.4 is 9.47 Å². The van der Waals surface area contributed by atoms with Gasteiger partial charge in [-0.2, -0.15) is 0 Å². The van der Waals surface area contributed by atoms with Crippen LogP contribution in [0.5, 0.6) is 11.5 Å². The van der Waals surface area contributed by atoms with Crippen LogP contribution >= 0.6 is 0 Å². The number of para-hydroxylation sites is 2. The predicted octanol–water partition coefficient (Wildman–Crippen LogP) is 0.779. The first-order valence-corrected chi connectivity index (χ1v) is 5.61. The van der Waals surface area contributed by atoms with Crippen LogP contribution in [0.2, 0.25) is 0 Å². The van der Waals surface area contributed by atoms with E-state index in [1.807, 2.05) is 0 Å². The summed E-state index contributed by atoms with van der Waals surface area (Å²) in [6.45, 7) is 6.04. The fourth-order valence-corrected chi connectivity index (χ4v) is 1.12. The Balaban J connectivity index is 2.96. The van der Waals surface area contributed by atoms with Crippen LogP contribution in [0.15, 0.2) is 48.6 Å². The molecule has 0 saturated heterocycles. The molecule has 0 atom stereocenters. The number of carboxylic acid groups (broad SMARTS) is 2. The molecular weight excluding hydrogens is 296 g/mol. The zero-order valence-electron chi connectivity index (χ0n) is 11.1. The first-order valence-electron chi connectivity index (χ1n) is 5.61. The van der Waals surface area contributed by atoms with Gasteiger partial charge >= 0.3 is 23.9 Å². The molecule has 2 N–H and O–H groups in total. The van der Waals surface area contributed by atoms with Crippen molar-refractivity contribution in [1.29, 1.82) is 0 Å². The van der Waals surface area contributed by atoms with Gasteiger partial charge in [-0.25, -0.2) is 19.2 Å². The average Bonchev–Trinajstić information content (AvgIpc) is 2.47. The molecule has 0 heterocycles. The lowest BCUT2D eigenvalue weighted by Gasteiger charge is -2.10. The van der Waals surface area contributed by atoms with E-state index in [0.29, 0.717) is 0 Å². The molecule has 114 valence electrons. The molecule has 0 saturated carbocycles. The van der Waals surface area contributed by atoms with E-state index in [-0.39, 0.29) is 11.5 Å². The average molecular weight is 306 g/mol. The number of carbonyl (C=O) groups is 4. The van der Waals surface area contributed by atoms with Crippen molar-refractivity contribution in [3.8, 4) is 11.5 Å². The predicted molar refractivity (Wildman–Crippen MR) is 71.3 cm³/mol. The molecule has 0 aliphatic carbocycles. The van der Waals surface area contributed by atoms with Gasteiger partial charge in [-0.3, -0.25) is 0 Å². The van der Waals surface area contributed by atoms with Crippen molar-refractivity contribution in [2.24, 2.45) is 0 Å². The van der Waals surface area contributed by atoms with Crippen LogP contribution in [0.4, 0.5) is 0 Å². The van der Waals surface area contributed by atoms with E-state index in [9.17, 15) is 19.2 Å². The first-order chi connectivity index (χ1) is 10.2. The number of carbonyl (C=O) groups excluding carboxylic acids is 2. The number of hydrogen-bond donors (Lipinski definition) is 2. The zero-order chi connectivity index (χ0) is 16.9. The van der Waals surface area contributed by atoms with Crippen LogP contribution in [-0.4, -0.2) is 34.1 Å². The number of hydrogen-bond acceptors (Lipinski definition) is 6. The van der Waals surface area contributed by atoms with Crippen molar-refractivity contribution in [3.05, 3.63) is 48.6 Å². The highest BCUT2D eigenvalue weighted by Gasteiger charge is 2.21. The summed E-state index contributed by atoms with van der Waals surface area (Å²) in [5.74, 6) is -6.21. The largest absolute Gasteiger partial charge is 0.477 e. The van der Waals surface area contributed by atoms with Crippen molar-refractivity contribution >= 4 is 23.9 Å². The summed E-state index contributed by atoms with van der Waals surface area (Å²) < 4.78 is 9.47. The lowest BCUT2D eigenvalue weighted by Crippen LogP contribution is -2.19.